The molecule has 0 saturated carbocycles. The van der Waals surface area contributed by atoms with E-state index >= 15 is 0 Å². The van der Waals surface area contributed by atoms with Crippen LogP contribution in [0, 0.1) is 0 Å². The first-order chi connectivity index (χ1) is 12.5. The Kier molecular flexibility index (Phi) is 5.53. The molecule has 2 nitrogen and oxygen atoms in total. The molecule has 0 radical (unpaired) electrons. The normalized spacial score (nSPS) is 18.7. The van der Waals surface area contributed by atoms with E-state index in [0.29, 0.717) is 4.90 Å². The summed E-state index contributed by atoms with van der Waals surface area (Å²) in [5, 5.41) is 0. The zero-order valence-corrected chi connectivity index (χ0v) is 14.7. The number of halogens is 3. The summed E-state index contributed by atoms with van der Waals surface area (Å²) in [6.07, 6.45) is -0.535. The molecule has 2 aromatic rings. The Balaban J connectivity index is 0.00000392. The maximum atomic E-state index is 8.10. The molecule has 0 fully saturated rings. The highest BCUT2D eigenvalue weighted by Crippen LogP contribution is 2.27. The van der Waals surface area contributed by atoms with E-state index in [9.17, 15) is 0 Å². The predicted molar refractivity (Wildman–Crippen MR) is 99.0 cm³/mol. The number of ether oxygens (including phenoxy) is 1. The molecule has 0 N–H and O–H groups in total. The number of nitrogens with zero attached hydrogens (tertiary/aromatic N) is 1. The molecule has 0 aliphatic carbocycles. The zero-order chi connectivity index (χ0) is 20.2. The van der Waals surface area contributed by atoms with Crippen molar-refractivity contribution in [3.05, 3.63) is 70.2 Å². The van der Waals surface area contributed by atoms with E-state index in [-0.39, 0.29) is 19.0 Å². The van der Waals surface area contributed by atoms with E-state index in [1.54, 1.807) is 0 Å². The van der Waals surface area contributed by atoms with Crippen molar-refractivity contribution in [2.75, 3.05) is 26.1 Å². The summed E-state index contributed by atoms with van der Waals surface area (Å²) in [5.41, 5.74) is 1.66. The van der Waals surface area contributed by atoms with E-state index in [1.807, 2.05) is 54.6 Å². The van der Waals surface area contributed by atoms with E-state index in [1.165, 1.54) is 0 Å². The van der Waals surface area contributed by atoms with Crippen LogP contribution in [0.5, 0.6) is 0 Å². The average Bonchev–Trinajstić information content (AvgIpc) is 2.55. The van der Waals surface area contributed by atoms with Crippen molar-refractivity contribution in [3.8, 4) is 0 Å². The third kappa shape index (κ3) is 5.90. The Bertz CT molecular complexity index is 713. The Morgan fingerprint density at radius 3 is 2.41 bits per heavy atom. The summed E-state index contributed by atoms with van der Waals surface area (Å²) in [6, 6.07) is 16.8. The molecule has 22 heavy (non-hydrogen) atoms. The van der Waals surface area contributed by atoms with Crippen LogP contribution in [0.2, 0.25) is 0 Å². The topological polar surface area (TPSA) is 12.5 Å². The van der Waals surface area contributed by atoms with Gasteiger partial charge in [0.2, 0.25) is 0 Å². The van der Waals surface area contributed by atoms with Crippen molar-refractivity contribution in [2.45, 2.75) is 6.10 Å². The van der Waals surface area contributed by atoms with Crippen LogP contribution in [-0.4, -0.2) is 31.0 Å². The second kappa shape index (κ2) is 10.2. The van der Waals surface area contributed by atoms with Gasteiger partial charge in [0, 0.05) is 16.5 Å². The minimum atomic E-state index is -2.87. The lowest BCUT2D eigenvalue weighted by Gasteiger charge is -2.21. The van der Waals surface area contributed by atoms with Crippen molar-refractivity contribution in [1.82, 2.24) is 4.90 Å². The number of likely N-dealkylation sites (N-methyl/N-ethyl adjacent to an activating group) is 1. The van der Waals surface area contributed by atoms with Crippen molar-refractivity contribution in [3.63, 3.8) is 0 Å². The summed E-state index contributed by atoms with van der Waals surface area (Å²) >= 11 is 8.94. The highest BCUT2D eigenvalue weighted by Gasteiger charge is 2.14. The largest absolute Gasteiger partial charge is 0.367 e. The number of hydrogen-bond donors (Lipinski definition) is 0. The minimum Gasteiger partial charge on any atom is -0.367 e. The molecule has 5 heteroatoms. The molecule has 0 aliphatic rings. The van der Waals surface area contributed by atoms with Crippen LogP contribution in [0.4, 0.5) is 0 Å². The molecule has 0 aromatic heterocycles. The molecule has 2 rings (SSSR count). The monoisotopic (exact) mass is 409 g/mol. The molecular weight excluding hydrogens is 385 g/mol. The quantitative estimate of drug-likeness (QED) is 0.464. The molecule has 0 heterocycles. The van der Waals surface area contributed by atoms with Crippen LogP contribution in [0.25, 0.3) is 0 Å². The lowest BCUT2D eigenvalue weighted by molar-refractivity contribution is 0.0676. The molecule has 0 bridgehead atoms. The highest BCUT2D eigenvalue weighted by atomic mass is 79.9. The van der Waals surface area contributed by atoms with E-state index in [0.717, 1.165) is 15.6 Å². The van der Waals surface area contributed by atoms with Crippen molar-refractivity contribution in [2.24, 2.45) is 0 Å². The molecule has 2 unspecified atom stereocenters. The van der Waals surface area contributed by atoms with Gasteiger partial charge in [-0.15, -0.1) is 24.0 Å². The fourth-order valence-corrected chi connectivity index (χ4v) is 2.23. The smallest absolute Gasteiger partial charge is 0.108 e. The molecule has 0 amide bonds. The van der Waals surface area contributed by atoms with Gasteiger partial charge < -0.3 is 4.74 Å². The van der Waals surface area contributed by atoms with E-state index < -0.39 is 25.6 Å². The van der Waals surface area contributed by atoms with E-state index in [4.69, 9.17) is 24.6 Å². The standard InChI is InChI=1S/C17H19BrClNO.ClH/c1-20(13-19)11-12-21-17(14-5-3-2-4-6-14)15-7-9-16(18)10-8-15;/h2-10,17H,11-13H2,1H3;1H/i1D3,11D,13D2;. The molecular formula is C17H20BrCl2NO. The molecule has 120 valence electrons. The first-order valence-electron chi connectivity index (χ1n) is 9.40. The minimum absolute atomic E-state index is 0. The average molecular weight is 411 g/mol. The van der Waals surface area contributed by atoms with Crippen molar-refractivity contribution >= 4 is 39.9 Å². The molecule has 2 atom stereocenters. The van der Waals surface area contributed by atoms with Crippen LogP contribution in [-0.2, 0) is 4.74 Å². The fourth-order valence-electron chi connectivity index (χ4n) is 1.90. The number of alkyl halides is 1. The fraction of sp³-hybridized carbons (Fsp3) is 0.294. The third-order valence-corrected chi connectivity index (χ3v) is 3.60. The predicted octanol–water partition coefficient (Wildman–Crippen LogP) is 5.11. The molecule has 2 aromatic carbocycles. The van der Waals surface area contributed by atoms with Gasteiger partial charge in [0.25, 0.3) is 0 Å². The van der Waals surface area contributed by atoms with Gasteiger partial charge in [0.1, 0.15) is 6.10 Å². The first-order valence-corrected chi connectivity index (χ1v) is 7.50. The number of rotatable bonds is 7. The summed E-state index contributed by atoms with van der Waals surface area (Å²) in [4.78, 5) is 0.311. The lowest BCUT2D eigenvalue weighted by atomic mass is 10.0. The van der Waals surface area contributed by atoms with Crippen LogP contribution in [0.15, 0.2) is 59.1 Å². The number of hydrogen-bond acceptors (Lipinski definition) is 2. The molecule has 0 aliphatic heterocycles. The van der Waals surface area contributed by atoms with Gasteiger partial charge in [-0.3, -0.25) is 4.90 Å². The van der Waals surface area contributed by atoms with E-state index in [2.05, 4.69) is 15.9 Å². The van der Waals surface area contributed by atoms with Crippen LogP contribution in [0.3, 0.4) is 0 Å². The summed E-state index contributed by atoms with van der Waals surface area (Å²) in [5.74, 6) is -2.71. The van der Waals surface area contributed by atoms with Crippen LogP contribution < -0.4 is 0 Å². The van der Waals surface area contributed by atoms with Gasteiger partial charge in [-0.25, -0.2) is 0 Å². The highest BCUT2D eigenvalue weighted by molar-refractivity contribution is 9.10. The summed E-state index contributed by atoms with van der Waals surface area (Å²) in [6.45, 7) is -4.74. The van der Waals surface area contributed by atoms with Crippen molar-refractivity contribution < 1.29 is 13.0 Å². The van der Waals surface area contributed by atoms with Gasteiger partial charge in [-0.2, -0.15) is 0 Å². The lowest BCUT2D eigenvalue weighted by Crippen LogP contribution is -2.22. The Morgan fingerprint density at radius 1 is 1.18 bits per heavy atom. The van der Waals surface area contributed by atoms with Gasteiger partial charge in [0.15, 0.2) is 0 Å². The SMILES string of the molecule is Cl.[2H]C(COC(c1ccccc1)c1ccc(Br)cc1)N(C([2H])([2H])[2H])C([2H])([2H])Cl. The van der Waals surface area contributed by atoms with Gasteiger partial charge in [0.05, 0.1) is 15.3 Å². The second-order valence-electron chi connectivity index (χ2n) is 4.31. The maximum absolute atomic E-state index is 8.10. The van der Waals surface area contributed by atoms with Gasteiger partial charge >= 0.3 is 0 Å². The van der Waals surface area contributed by atoms with Crippen LogP contribution >= 0.6 is 39.9 Å². The van der Waals surface area contributed by atoms with Crippen LogP contribution in [0.1, 0.15) is 25.5 Å². The zero-order valence-electron chi connectivity index (χ0n) is 17.6. The van der Waals surface area contributed by atoms with Gasteiger partial charge in [-0.05, 0) is 30.2 Å². The summed E-state index contributed by atoms with van der Waals surface area (Å²) in [7, 11) is 0. The Hall–Kier alpha value is -0.580. The third-order valence-electron chi connectivity index (χ3n) is 2.89. The maximum Gasteiger partial charge on any atom is 0.108 e. The van der Waals surface area contributed by atoms with Gasteiger partial charge in [-0.1, -0.05) is 58.4 Å². The number of benzene rings is 2. The Morgan fingerprint density at radius 2 is 1.82 bits per heavy atom. The second-order valence-corrected chi connectivity index (χ2v) is 5.40. The molecule has 0 spiro atoms. The first kappa shape index (κ1) is 11.9. The summed E-state index contributed by atoms with van der Waals surface area (Å²) < 4.78 is 52.3. The molecule has 0 saturated heterocycles. The Labute approximate surface area is 160 Å². The van der Waals surface area contributed by atoms with Crippen molar-refractivity contribution in [1.29, 1.82) is 0 Å².